The number of hydrogen-bond donors (Lipinski definition) is 1. The van der Waals surface area contributed by atoms with E-state index in [-0.39, 0.29) is 12.4 Å². The summed E-state index contributed by atoms with van der Waals surface area (Å²) in [6, 6.07) is 8.39. The highest BCUT2D eigenvalue weighted by molar-refractivity contribution is 6.30. The largest absolute Gasteiger partial charge is 0.326 e. The van der Waals surface area contributed by atoms with Gasteiger partial charge in [0.05, 0.1) is 0 Å². The molecule has 1 aromatic carbocycles. The van der Waals surface area contributed by atoms with Gasteiger partial charge in [0, 0.05) is 30.7 Å². The van der Waals surface area contributed by atoms with Gasteiger partial charge in [0.1, 0.15) is 0 Å². The highest BCUT2D eigenvalue weighted by Crippen LogP contribution is 2.14. The van der Waals surface area contributed by atoms with Crippen molar-refractivity contribution in [2.45, 2.75) is 19.0 Å². The van der Waals surface area contributed by atoms with Crippen molar-refractivity contribution in [2.75, 3.05) is 13.1 Å². The topological polar surface area (TPSA) is 29.3 Å². The second-order valence-electron chi connectivity index (χ2n) is 3.91. The van der Waals surface area contributed by atoms with Crippen molar-refractivity contribution in [1.82, 2.24) is 4.90 Å². The van der Waals surface area contributed by atoms with Gasteiger partial charge in [-0.3, -0.25) is 4.90 Å². The van der Waals surface area contributed by atoms with E-state index in [1.54, 1.807) is 0 Å². The molecule has 2 N–H and O–H groups in total. The van der Waals surface area contributed by atoms with Crippen molar-refractivity contribution in [1.29, 1.82) is 0 Å². The summed E-state index contributed by atoms with van der Waals surface area (Å²) >= 11 is 5.82. The van der Waals surface area contributed by atoms with Crippen LogP contribution in [-0.2, 0) is 6.54 Å². The van der Waals surface area contributed by atoms with E-state index in [0.717, 1.165) is 31.1 Å². The molecule has 1 aromatic rings. The fourth-order valence-electron chi connectivity index (χ4n) is 1.85. The summed E-state index contributed by atoms with van der Waals surface area (Å²) in [6.07, 6.45) is 1.12. The average molecular weight is 247 g/mol. The van der Waals surface area contributed by atoms with Gasteiger partial charge in [-0.1, -0.05) is 23.7 Å². The second-order valence-corrected chi connectivity index (χ2v) is 4.35. The Balaban J connectivity index is 0.00000112. The van der Waals surface area contributed by atoms with Crippen molar-refractivity contribution in [3.05, 3.63) is 34.9 Å². The molecule has 0 radical (unpaired) electrons. The quantitative estimate of drug-likeness (QED) is 0.868. The standard InChI is InChI=1S/C11H15ClN2.ClH/c12-10-3-1-9(2-4-10)7-14-6-5-11(13)8-14;/h1-4,11H,5-8,13H2;1H/t11-;/m1./s1. The van der Waals surface area contributed by atoms with Crippen LogP contribution in [0, 0.1) is 0 Å². The fraction of sp³-hybridized carbons (Fsp3) is 0.455. The van der Waals surface area contributed by atoms with Gasteiger partial charge in [-0.05, 0) is 24.1 Å². The molecule has 0 amide bonds. The lowest BCUT2D eigenvalue weighted by Crippen LogP contribution is -2.26. The Hall–Kier alpha value is -0.280. The predicted molar refractivity (Wildman–Crippen MR) is 66.6 cm³/mol. The van der Waals surface area contributed by atoms with E-state index in [4.69, 9.17) is 17.3 Å². The van der Waals surface area contributed by atoms with Crippen molar-refractivity contribution in [2.24, 2.45) is 5.73 Å². The minimum Gasteiger partial charge on any atom is -0.326 e. The van der Waals surface area contributed by atoms with Crippen LogP contribution in [0.25, 0.3) is 0 Å². The molecule has 1 aliphatic rings. The van der Waals surface area contributed by atoms with Crippen LogP contribution in [0.5, 0.6) is 0 Å². The molecule has 2 nitrogen and oxygen atoms in total. The van der Waals surface area contributed by atoms with Crippen LogP contribution in [0.2, 0.25) is 5.02 Å². The molecule has 0 spiro atoms. The number of nitrogens with two attached hydrogens (primary N) is 1. The smallest absolute Gasteiger partial charge is 0.0406 e. The first-order chi connectivity index (χ1) is 6.74. The molecule has 0 aromatic heterocycles. The zero-order valence-corrected chi connectivity index (χ0v) is 10.1. The fourth-order valence-corrected chi connectivity index (χ4v) is 1.98. The molecule has 1 atom stereocenters. The first kappa shape index (κ1) is 12.8. The van der Waals surface area contributed by atoms with Crippen LogP contribution >= 0.6 is 24.0 Å². The monoisotopic (exact) mass is 246 g/mol. The van der Waals surface area contributed by atoms with Crippen LogP contribution < -0.4 is 5.73 Å². The molecule has 2 rings (SSSR count). The summed E-state index contributed by atoms with van der Waals surface area (Å²) in [5.74, 6) is 0. The average Bonchev–Trinajstić information content (AvgIpc) is 2.56. The van der Waals surface area contributed by atoms with Gasteiger partial charge in [-0.2, -0.15) is 0 Å². The maximum Gasteiger partial charge on any atom is 0.0406 e. The van der Waals surface area contributed by atoms with Gasteiger partial charge >= 0.3 is 0 Å². The zero-order chi connectivity index (χ0) is 9.97. The Labute approximate surface area is 102 Å². The van der Waals surface area contributed by atoms with Crippen LogP contribution in [-0.4, -0.2) is 24.0 Å². The maximum absolute atomic E-state index is 5.84. The van der Waals surface area contributed by atoms with Crippen LogP contribution in [0.15, 0.2) is 24.3 Å². The Morgan fingerprint density at radius 2 is 2.00 bits per heavy atom. The molecule has 0 saturated carbocycles. The van der Waals surface area contributed by atoms with Crippen LogP contribution in [0.3, 0.4) is 0 Å². The summed E-state index contributed by atoms with van der Waals surface area (Å²) < 4.78 is 0. The molecule has 0 bridgehead atoms. The molecule has 1 fully saturated rings. The highest BCUT2D eigenvalue weighted by Gasteiger charge is 2.18. The molecule has 0 aliphatic carbocycles. The van der Waals surface area contributed by atoms with Crippen molar-refractivity contribution < 1.29 is 0 Å². The lowest BCUT2D eigenvalue weighted by Gasteiger charge is -2.14. The maximum atomic E-state index is 5.84. The zero-order valence-electron chi connectivity index (χ0n) is 8.53. The molecule has 4 heteroatoms. The van der Waals surface area contributed by atoms with Gasteiger partial charge in [0.25, 0.3) is 0 Å². The number of rotatable bonds is 2. The summed E-state index contributed by atoms with van der Waals surface area (Å²) in [4.78, 5) is 2.38. The minimum absolute atomic E-state index is 0. The van der Waals surface area contributed by atoms with Gasteiger partial charge in [-0.15, -0.1) is 12.4 Å². The van der Waals surface area contributed by atoms with Gasteiger partial charge in [0.15, 0.2) is 0 Å². The Morgan fingerprint density at radius 1 is 1.33 bits per heavy atom. The van der Waals surface area contributed by atoms with E-state index >= 15 is 0 Å². The molecular formula is C11H16Cl2N2. The highest BCUT2D eigenvalue weighted by atomic mass is 35.5. The number of halogens is 2. The normalized spacial score (nSPS) is 21.3. The minimum atomic E-state index is 0. The van der Waals surface area contributed by atoms with Crippen LogP contribution in [0.1, 0.15) is 12.0 Å². The second kappa shape index (κ2) is 5.71. The molecule has 15 heavy (non-hydrogen) atoms. The van der Waals surface area contributed by atoms with E-state index in [9.17, 15) is 0 Å². The first-order valence-corrected chi connectivity index (χ1v) is 5.34. The number of benzene rings is 1. The third kappa shape index (κ3) is 3.65. The van der Waals surface area contributed by atoms with Crippen molar-refractivity contribution in [3.8, 4) is 0 Å². The van der Waals surface area contributed by atoms with Gasteiger partial charge < -0.3 is 5.73 Å². The summed E-state index contributed by atoms with van der Waals surface area (Å²) in [6.45, 7) is 3.12. The number of nitrogens with zero attached hydrogens (tertiary/aromatic N) is 1. The lowest BCUT2D eigenvalue weighted by atomic mass is 10.2. The number of likely N-dealkylation sites (tertiary alicyclic amines) is 1. The summed E-state index contributed by atoms with van der Waals surface area (Å²) in [5, 5.41) is 0.798. The molecular weight excluding hydrogens is 231 g/mol. The van der Waals surface area contributed by atoms with E-state index in [1.165, 1.54) is 5.56 Å². The van der Waals surface area contributed by atoms with E-state index < -0.39 is 0 Å². The molecule has 0 unspecified atom stereocenters. The van der Waals surface area contributed by atoms with Gasteiger partial charge in [0.2, 0.25) is 0 Å². The summed E-state index contributed by atoms with van der Waals surface area (Å²) in [7, 11) is 0. The Morgan fingerprint density at radius 3 is 2.53 bits per heavy atom. The Bertz CT molecular complexity index is 300. The predicted octanol–water partition coefficient (Wildman–Crippen LogP) is 2.29. The van der Waals surface area contributed by atoms with Crippen molar-refractivity contribution in [3.63, 3.8) is 0 Å². The third-order valence-corrected chi connectivity index (χ3v) is 2.88. The molecule has 1 heterocycles. The van der Waals surface area contributed by atoms with E-state index in [0.29, 0.717) is 6.04 Å². The Kier molecular flexibility index (Phi) is 4.87. The van der Waals surface area contributed by atoms with Crippen LogP contribution in [0.4, 0.5) is 0 Å². The summed E-state index contributed by atoms with van der Waals surface area (Å²) in [5.41, 5.74) is 7.15. The SMILES string of the molecule is Cl.N[C@@H]1CCN(Cc2ccc(Cl)cc2)C1. The lowest BCUT2D eigenvalue weighted by molar-refractivity contribution is 0.327. The first-order valence-electron chi connectivity index (χ1n) is 4.96. The van der Waals surface area contributed by atoms with E-state index in [1.807, 2.05) is 12.1 Å². The molecule has 1 aliphatic heterocycles. The third-order valence-electron chi connectivity index (χ3n) is 2.63. The molecule has 84 valence electrons. The van der Waals surface area contributed by atoms with Gasteiger partial charge in [-0.25, -0.2) is 0 Å². The number of hydrogen-bond acceptors (Lipinski definition) is 2. The van der Waals surface area contributed by atoms with E-state index in [2.05, 4.69) is 17.0 Å². The molecule has 1 saturated heterocycles. The van der Waals surface area contributed by atoms with Crippen molar-refractivity contribution >= 4 is 24.0 Å².